The second kappa shape index (κ2) is 3.86. The predicted molar refractivity (Wildman–Crippen MR) is 62.0 cm³/mol. The van der Waals surface area contributed by atoms with Crippen LogP contribution in [0.25, 0.3) is 0 Å². The van der Waals surface area contributed by atoms with Crippen LogP contribution in [0.3, 0.4) is 0 Å². The van der Waals surface area contributed by atoms with Gasteiger partial charge in [-0.3, -0.25) is 0 Å². The Morgan fingerprint density at radius 2 is 2.13 bits per heavy atom. The molecule has 0 aliphatic carbocycles. The summed E-state index contributed by atoms with van der Waals surface area (Å²) in [5.41, 5.74) is 2.62. The Morgan fingerprint density at radius 1 is 1.40 bits per heavy atom. The van der Waals surface area contributed by atoms with Crippen molar-refractivity contribution in [1.29, 1.82) is 0 Å². The SMILES string of the molecule is CC1NC(C(C)C)Cc2cc(O)ccc21. The van der Waals surface area contributed by atoms with E-state index in [-0.39, 0.29) is 0 Å². The quantitative estimate of drug-likeness (QED) is 0.738. The van der Waals surface area contributed by atoms with Gasteiger partial charge in [0.1, 0.15) is 5.75 Å². The highest BCUT2D eigenvalue weighted by atomic mass is 16.3. The van der Waals surface area contributed by atoms with Crippen LogP contribution in [0.15, 0.2) is 18.2 Å². The van der Waals surface area contributed by atoms with Crippen LogP contribution in [-0.2, 0) is 6.42 Å². The van der Waals surface area contributed by atoms with E-state index in [0.717, 1.165) is 6.42 Å². The number of nitrogens with one attached hydrogen (secondary N) is 1. The Morgan fingerprint density at radius 3 is 2.80 bits per heavy atom. The zero-order chi connectivity index (χ0) is 11.0. The van der Waals surface area contributed by atoms with E-state index >= 15 is 0 Å². The monoisotopic (exact) mass is 205 g/mol. The number of hydrogen-bond donors (Lipinski definition) is 2. The highest BCUT2D eigenvalue weighted by molar-refractivity contribution is 5.38. The van der Waals surface area contributed by atoms with Crippen LogP contribution in [-0.4, -0.2) is 11.1 Å². The first-order valence-corrected chi connectivity index (χ1v) is 5.65. The van der Waals surface area contributed by atoms with E-state index in [4.69, 9.17) is 0 Å². The molecule has 1 aromatic rings. The van der Waals surface area contributed by atoms with Crippen molar-refractivity contribution >= 4 is 0 Å². The summed E-state index contributed by atoms with van der Waals surface area (Å²) < 4.78 is 0. The van der Waals surface area contributed by atoms with Gasteiger partial charge >= 0.3 is 0 Å². The molecule has 0 spiro atoms. The first kappa shape index (κ1) is 10.5. The molecule has 0 saturated heterocycles. The Labute approximate surface area is 91.3 Å². The van der Waals surface area contributed by atoms with Crippen molar-refractivity contribution in [2.45, 2.75) is 39.3 Å². The molecule has 2 N–H and O–H groups in total. The standard InChI is InChI=1S/C13H19NO/c1-8(2)13-7-10-6-11(15)4-5-12(10)9(3)14-13/h4-6,8-9,13-15H,7H2,1-3H3. The second-order valence-corrected chi connectivity index (χ2v) is 4.83. The molecule has 0 fully saturated rings. The maximum absolute atomic E-state index is 9.48. The third-order valence-electron chi connectivity index (χ3n) is 3.30. The summed E-state index contributed by atoms with van der Waals surface area (Å²) in [7, 11) is 0. The van der Waals surface area contributed by atoms with Gasteiger partial charge in [0.2, 0.25) is 0 Å². The molecule has 2 rings (SSSR count). The van der Waals surface area contributed by atoms with E-state index in [1.807, 2.05) is 12.1 Å². The lowest BCUT2D eigenvalue weighted by atomic mass is 9.86. The number of phenols is 1. The van der Waals surface area contributed by atoms with E-state index in [1.165, 1.54) is 11.1 Å². The summed E-state index contributed by atoms with van der Waals surface area (Å²) in [5, 5.41) is 13.1. The number of hydrogen-bond acceptors (Lipinski definition) is 2. The van der Waals surface area contributed by atoms with Gasteiger partial charge in [-0.15, -0.1) is 0 Å². The molecule has 0 bridgehead atoms. The number of aromatic hydroxyl groups is 1. The first-order valence-electron chi connectivity index (χ1n) is 5.65. The second-order valence-electron chi connectivity index (χ2n) is 4.83. The van der Waals surface area contributed by atoms with Gasteiger partial charge in [0, 0.05) is 12.1 Å². The molecule has 0 saturated carbocycles. The molecule has 1 aromatic carbocycles. The van der Waals surface area contributed by atoms with Crippen LogP contribution < -0.4 is 5.32 Å². The van der Waals surface area contributed by atoms with Gasteiger partial charge in [-0.2, -0.15) is 0 Å². The molecule has 82 valence electrons. The number of benzene rings is 1. The minimum absolute atomic E-state index is 0.380. The topological polar surface area (TPSA) is 32.3 Å². The van der Waals surface area contributed by atoms with Crippen LogP contribution in [0.4, 0.5) is 0 Å². The molecule has 0 radical (unpaired) electrons. The molecule has 2 unspecified atom stereocenters. The van der Waals surface area contributed by atoms with E-state index in [0.29, 0.717) is 23.8 Å². The minimum atomic E-state index is 0.380. The summed E-state index contributed by atoms with van der Waals surface area (Å²) in [6, 6.07) is 6.62. The summed E-state index contributed by atoms with van der Waals surface area (Å²) in [4.78, 5) is 0. The minimum Gasteiger partial charge on any atom is -0.508 e. The average Bonchev–Trinajstić information content (AvgIpc) is 2.16. The smallest absolute Gasteiger partial charge is 0.115 e. The summed E-state index contributed by atoms with van der Waals surface area (Å²) in [5.74, 6) is 1.01. The third-order valence-corrected chi connectivity index (χ3v) is 3.30. The Balaban J connectivity index is 2.33. The highest BCUT2D eigenvalue weighted by Gasteiger charge is 2.25. The molecule has 0 amide bonds. The van der Waals surface area contributed by atoms with Crippen molar-refractivity contribution < 1.29 is 5.11 Å². The fourth-order valence-corrected chi connectivity index (χ4v) is 2.33. The fourth-order valence-electron chi connectivity index (χ4n) is 2.33. The number of fused-ring (bicyclic) bond motifs is 1. The zero-order valence-corrected chi connectivity index (χ0v) is 9.62. The normalized spacial score (nSPS) is 25.3. The number of rotatable bonds is 1. The lowest BCUT2D eigenvalue weighted by Crippen LogP contribution is -2.41. The van der Waals surface area contributed by atoms with Crippen LogP contribution >= 0.6 is 0 Å². The van der Waals surface area contributed by atoms with Crippen molar-refractivity contribution in [1.82, 2.24) is 5.32 Å². The van der Waals surface area contributed by atoms with E-state index in [2.05, 4.69) is 26.1 Å². The van der Waals surface area contributed by atoms with Gasteiger partial charge in [-0.05, 0) is 42.5 Å². The Hall–Kier alpha value is -1.02. The Kier molecular flexibility index (Phi) is 2.70. The fraction of sp³-hybridized carbons (Fsp3) is 0.538. The molecule has 1 aliphatic rings. The van der Waals surface area contributed by atoms with E-state index in [1.54, 1.807) is 6.07 Å². The van der Waals surface area contributed by atoms with E-state index in [9.17, 15) is 5.11 Å². The lowest BCUT2D eigenvalue weighted by Gasteiger charge is -2.33. The molecule has 2 heteroatoms. The maximum atomic E-state index is 9.48. The van der Waals surface area contributed by atoms with E-state index < -0.39 is 0 Å². The van der Waals surface area contributed by atoms with Crippen LogP contribution in [0, 0.1) is 5.92 Å². The van der Waals surface area contributed by atoms with Crippen molar-refractivity contribution in [3.8, 4) is 5.75 Å². The van der Waals surface area contributed by atoms with Gasteiger partial charge < -0.3 is 10.4 Å². The highest BCUT2D eigenvalue weighted by Crippen LogP contribution is 2.29. The van der Waals surface area contributed by atoms with Crippen LogP contribution in [0.5, 0.6) is 5.75 Å². The van der Waals surface area contributed by atoms with Crippen LogP contribution in [0.2, 0.25) is 0 Å². The van der Waals surface area contributed by atoms with Gasteiger partial charge in [-0.1, -0.05) is 19.9 Å². The Bertz CT molecular complexity index is 360. The van der Waals surface area contributed by atoms with Gasteiger partial charge in [0.25, 0.3) is 0 Å². The summed E-state index contributed by atoms with van der Waals surface area (Å²) >= 11 is 0. The molecule has 15 heavy (non-hydrogen) atoms. The molecule has 2 atom stereocenters. The molecular formula is C13H19NO. The number of phenolic OH excluding ortho intramolecular Hbond substituents is 1. The van der Waals surface area contributed by atoms with Crippen molar-refractivity contribution in [3.63, 3.8) is 0 Å². The largest absolute Gasteiger partial charge is 0.508 e. The lowest BCUT2D eigenvalue weighted by molar-refractivity contribution is 0.340. The van der Waals surface area contributed by atoms with Gasteiger partial charge in [0.15, 0.2) is 0 Å². The third kappa shape index (κ3) is 2.00. The van der Waals surface area contributed by atoms with Crippen molar-refractivity contribution in [3.05, 3.63) is 29.3 Å². The maximum Gasteiger partial charge on any atom is 0.115 e. The summed E-state index contributed by atoms with van der Waals surface area (Å²) in [6.07, 6.45) is 1.02. The zero-order valence-electron chi connectivity index (χ0n) is 9.62. The van der Waals surface area contributed by atoms with Crippen molar-refractivity contribution in [2.75, 3.05) is 0 Å². The van der Waals surface area contributed by atoms with Crippen molar-refractivity contribution in [2.24, 2.45) is 5.92 Å². The van der Waals surface area contributed by atoms with Gasteiger partial charge in [-0.25, -0.2) is 0 Å². The summed E-state index contributed by atoms with van der Waals surface area (Å²) in [6.45, 7) is 6.65. The molecular weight excluding hydrogens is 186 g/mol. The van der Waals surface area contributed by atoms with Crippen LogP contribution in [0.1, 0.15) is 37.9 Å². The predicted octanol–water partition coefficient (Wildman–Crippen LogP) is 2.62. The molecule has 2 nitrogen and oxygen atoms in total. The molecule has 1 aliphatic heterocycles. The molecule has 0 aromatic heterocycles. The first-order chi connectivity index (χ1) is 7.08. The van der Waals surface area contributed by atoms with Gasteiger partial charge in [0.05, 0.1) is 0 Å². The molecule has 1 heterocycles. The average molecular weight is 205 g/mol.